The number of rotatable bonds is 0. The largest absolute Gasteiger partial charge is 0.369 e. The quantitative estimate of drug-likeness (QED) is 0.474. The fourth-order valence-electron chi connectivity index (χ4n) is 2.05. The van der Waals surface area contributed by atoms with Gasteiger partial charge in [0.05, 0.1) is 29.2 Å². The zero-order valence-corrected chi connectivity index (χ0v) is 8.70. The summed E-state index contributed by atoms with van der Waals surface area (Å²) in [6.07, 6.45) is 3.56. The van der Waals surface area contributed by atoms with Crippen LogP contribution >= 0.6 is 15.9 Å². The first-order chi connectivity index (χ1) is 6.24. The monoisotopic (exact) mass is 246 g/mol. The van der Waals surface area contributed by atoms with Gasteiger partial charge in [-0.05, 0) is 6.42 Å². The first-order valence-corrected chi connectivity index (χ1v) is 5.63. The van der Waals surface area contributed by atoms with Crippen molar-refractivity contribution in [1.29, 1.82) is 0 Å². The molecule has 2 aliphatic heterocycles. The molecule has 0 spiro atoms. The molecule has 3 fully saturated rings. The van der Waals surface area contributed by atoms with Crippen molar-refractivity contribution in [2.45, 2.75) is 48.5 Å². The second-order valence-electron chi connectivity index (χ2n) is 4.04. The van der Waals surface area contributed by atoms with Crippen LogP contribution in [0.15, 0.2) is 0 Å². The number of fused-ring (bicyclic) bond motifs is 2. The molecule has 0 amide bonds. The normalized spacial score (nSPS) is 53.9. The molecule has 3 nitrogen and oxygen atoms in total. The summed E-state index contributed by atoms with van der Waals surface area (Å²) in [4.78, 5) is 11.5. The van der Waals surface area contributed by atoms with Crippen molar-refractivity contribution in [3.63, 3.8) is 0 Å². The summed E-state index contributed by atoms with van der Waals surface area (Å²) in [6.45, 7) is 0. The van der Waals surface area contributed by atoms with Gasteiger partial charge < -0.3 is 9.47 Å². The molecular weight excluding hydrogens is 236 g/mol. The lowest BCUT2D eigenvalue weighted by Crippen LogP contribution is -2.17. The topological polar surface area (TPSA) is 42.1 Å². The van der Waals surface area contributed by atoms with Gasteiger partial charge in [0.25, 0.3) is 0 Å². The highest BCUT2D eigenvalue weighted by molar-refractivity contribution is 9.10. The third-order valence-electron chi connectivity index (χ3n) is 3.03. The summed E-state index contributed by atoms with van der Waals surface area (Å²) in [6, 6.07) is 0. The van der Waals surface area contributed by atoms with Gasteiger partial charge in [-0.2, -0.15) is 0 Å². The summed E-state index contributed by atoms with van der Waals surface area (Å²) in [5.41, 5.74) is 0. The van der Waals surface area contributed by atoms with E-state index < -0.39 is 0 Å². The average molecular weight is 247 g/mol. The lowest BCUT2D eigenvalue weighted by molar-refractivity contribution is -0.118. The number of Topliss-reactive ketones (excluding diaryl/α,β-unsaturated/α-hetero) is 1. The molecular formula is C9H11BrO3. The molecule has 2 saturated heterocycles. The van der Waals surface area contributed by atoms with Gasteiger partial charge in [0, 0.05) is 12.8 Å². The first kappa shape index (κ1) is 8.38. The SMILES string of the molecule is O=C1C[C@@H]2O[C@@H]2C[C@@H]2O[C@@H]2C[C@@H]1Br. The third kappa shape index (κ3) is 1.55. The highest BCUT2D eigenvalue weighted by Crippen LogP contribution is 2.41. The molecule has 1 aliphatic carbocycles. The number of ketones is 1. The molecule has 0 radical (unpaired) electrons. The Morgan fingerprint density at radius 1 is 1.08 bits per heavy atom. The molecule has 0 aromatic heterocycles. The predicted octanol–water partition coefficient (Wildman–Crippen LogP) is 1.04. The van der Waals surface area contributed by atoms with E-state index in [9.17, 15) is 4.79 Å². The predicted molar refractivity (Wildman–Crippen MR) is 48.9 cm³/mol. The van der Waals surface area contributed by atoms with Gasteiger partial charge in [-0.15, -0.1) is 0 Å². The molecule has 1 saturated carbocycles. The summed E-state index contributed by atoms with van der Waals surface area (Å²) in [5.74, 6) is 0.267. The van der Waals surface area contributed by atoms with Crippen molar-refractivity contribution in [3.05, 3.63) is 0 Å². The Kier molecular flexibility index (Phi) is 1.79. The maximum atomic E-state index is 11.5. The van der Waals surface area contributed by atoms with E-state index in [-0.39, 0.29) is 16.7 Å². The van der Waals surface area contributed by atoms with E-state index in [1.54, 1.807) is 0 Å². The van der Waals surface area contributed by atoms with E-state index in [2.05, 4.69) is 15.9 Å². The van der Waals surface area contributed by atoms with Gasteiger partial charge in [-0.1, -0.05) is 15.9 Å². The summed E-state index contributed by atoms with van der Waals surface area (Å²) < 4.78 is 10.8. The van der Waals surface area contributed by atoms with Gasteiger partial charge in [-0.3, -0.25) is 4.79 Å². The van der Waals surface area contributed by atoms with Crippen molar-refractivity contribution < 1.29 is 14.3 Å². The van der Waals surface area contributed by atoms with E-state index in [0.717, 1.165) is 12.8 Å². The number of hydrogen-bond acceptors (Lipinski definition) is 3. The van der Waals surface area contributed by atoms with Crippen molar-refractivity contribution in [2.24, 2.45) is 0 Å². The minimum atomic E-state index is -0.0227. The van der Waals surface area contributed by atoms with Crippen LogP contribution in [0.25, 0.3) is 0 Å². The van der Waals surface area contributed by atoms with Crippen LogP contribution in [0.1, 0.15) is 19.3 Å². The van der Waals surface area contributed by atoms with Gasteiger partial charge >= 0.3 is 0 Å². The molecule has 0 bridgehead atoms. The van der Waals surface area contributed by atoms with Crippen LogP contribution in [0.4, 0.5) is 0 Å². The van der Waals surface area contributed by atoms with Crippen LogP contribution in [-0.4, -0.2) is 35.0 Å². The molecule has 13 heavy (non-hydrogen) atoms. The number of carbonyl (C=O) groups excluding carboxylic acids is 1. The molecule has 3 rings (SSSR count). The van der Waals surface area contributed by atoms with E-state index in [1.165, 1.54) is 0 Å². The van der Waals surface area contributed by atoms with Crippen molar-refractivity contribution >= 4 is 21.7 Å². The van der Waals surface area contributed by atoms with Gasteiger partial charge in [0.15, 0.2) is 0 Å². The maximum absolute atomic E-state index is 11.5. The Balaban J connectivity index is 1.73. The molecule has 72 valence electrons. The second kappa shape index (κ2) is 2.78. The Hall–Kier alpha value is 0.0700. The molecule has 3 aliphatic rings. The number of epoxide rings is 2. The maximum Gasteiger partial charge on any atom is 0.149 e. The van der Waals surface area contributed by atoms with Crippen molar-refractivity contribution in [2.75, 3.05) is 0 Å². The molecule has 0 unspecified atom stereocenters. The lowest BCUT2D eigenvalue weighted by atomic mass is 10.1. The van der Waals surface area contributed by atoms with Crippen molar-refractivity contribution in [1.82, 2.24) is 0 Å². The summed E-state index contributed by atoms with van der Waals surface area (Å²) in [5, 5.41) is 0. The molecule has 0 N–H and O–H groups in total. The van der Waals surface area contributed by atoms with Gasteiger partial charge in [0.2, 0.25) is 0 Å². The summed E-state index contributed by atoms with van der Waals surface area (Å²) in [7, 11) is 0. The van der Waals surface area contributed by atoms with Gasteiger partial charge in [0.1, 0.15) is 5.78 Å². The Bertz CT molecular complexity index is 255. The highest BCUT2D eigenvalue weighted by Gasteiger charge is 2.51. The van der Waals surface area contributed by atoms with Crippen molar-refractivity contribution in [3.8, 4) is 0 Å². The summed E-state index contributed by atoms with van der Waals surface area (Å²) >= 11 is 3.40. The highest BCUT2D eigenvalue weighted by atomic mass is 79.9. The fraction of sp³-hybridized carbons (Fsp3) is 0.889. The Morgan fingerprint density at radius 2 is 1.69 bits per heavy atom. The third-order valence-corrected chi connectivity index (χ3v) is 3.92. The molecule has 0 aromatic carbocycles. The minimum Gasteiger partial charge on any atom is -0.369 e. The number of alkyl halides is 1. The van der Waals surface area contributed by atoms with E-state index in [1.807, 2.05) is 0 Å². The fourth-order valence-corrected chi connectivity index (χ4v) is 2.61. The van der Waals surface area contributed by atoms with E-state index >= 15 is 0 Å². The van der Waals surface area contributed by atoms with Crippen LogP contribution in [0.3, 0.4) is 0 Å². The second-order valence-corrected chi connectivity index (χ2v) is 5.14. The zero-order chi connectivity index (χ0) is 9.00. The van der Waals surface area contributed by atoms with Crippen LogP contribution in [0.2, 0.25) is 0 Å². The number of ether oxygens (including phenoxy) is 2. The molecule has 4 heteroatoms. The smallest absolute Gasteiger partial charge is 0.149 e. The number of carbonyl (C=O) groups is 1. The Morgan fingerprint density at radius 3 is 2.54 bits per heavy atom. The van der Waals surface area contributed by atoms with E-state index in [0.29, 0.717) is 24.7 Å². The lowest BCUT2D eigenvalue weighted by Gasteiger charge is -2.04. The Labute approximate surface area is 84.9 Å². The standard InChI is InChI=1S/C9H11BrO3/c10-4-1-6-8(12-6)3-9-7(13-9)2-5(4)11/h4,6-9H,1-3H2/t4-,6+,7-,8-,9+/m0/s1. The average Bonchev–Trinajstić information content (AvgIpc) is 2.94. The van der Waals surface area contributed by atoms with Crippen LogP contribution < -0.4 is 0 Å². The number of hydrogen-bond donors (Lipinski definition) is 0. The zero-order valence-electron chi connectivity index (χ0n) is 7.11. The van der Waals surface area contributed by atoms with Crippen LogP contribution in [0.5, 0.6) is 0 Å². The first-order valence-electron chi connectivity index (χ1n) is 4.72. The number of halogens is 1. The van der Waals surface area contributed by atoms with Gasteiger partial charge in [-0.25, -0.2) is 0 Å². The van der Waals surface area contributed by atoms with Crippen LogP contribution in [0, 0.1) is 0 Å². The minimum absolute atomic E-state index is 0.0227. The molecule has 5 atom stereocenters. The van der Waals surface area contributed by atoms with Crippen LogP contribution in [-0.2, 0) is 14.3 Å². The van der Waals surface area contributed by atoms with E-state index in [4.69, 9.17) is 9.47 Å². The molecule has 2 heterocycles. The molecule has 0 aromatic rings.